The molecule has 2 heterocycles. The fourth-order valence-corrected chi connectivity index (χ4v) is 3.31. The quantitative estimate of drug-likeness (QED) is 0.831. The summed E-state index contributed by atoms with van der Waals surface area (Å²) in [4.78, 5) is 5.78. The Kier molecular flexibility index (Phi) is 2.91. The van der Waals surface area contributed by atoms with Crippen molar-refractivity contribution in [2.45, 2.75) is 37.4 Å². The van der Waals surface area contributed by atoms with Crippen molar-refractivity contribution < 1.29 is 0 Å². The Balaban J connectivity index is 1.89. The van der Waals surface area contributed by atoms with Crippen LogP contribution in [-0.2, 0) is 6.54 Å². The van der Waals surface area contributed by atoms with Gasteiger partial charge in [0.05, 0.1) is 5.69 Å². The third kappa shape index (κ3) is 1.99. The summed E-state index contributed by atoms with van der Waals surface area (Å²) in [6, 6.07) is 0.753. The highest BCUT2D eigenvalue weighted by Gasteiger charge is 2.22. The molecule has 0 unspecified atom stereocenters. The first kappa shape index (κ1) is 10.6. The van der Waals surface area contributed by atoms with Crippen LogP contribution < -0.4 is 5.32 Å². The summed E-state index contributed by atoms with van der Waals surface area (Å²) in [5.74, 6) is 1.08. The molecule has 1 aliphatic rings. The molecule has 86 valence electrons. The monoisotopic (exact) mass is 253 g/mol. The predicted molar refractivity (Wildman–Crippen MR) is 69.3 cm³/mol. The maximum absolute atomic E-state index is 4.67. The Hall–Kier alpha value is -0.520. The van der Waals surface area contributed by atoms with Crippen molar-refractivity contribution in [3.05, 3.63) is 17.3 Å². The Morgan fingerprint density at radius 3 is 3.25 bits per heavy atom. The predicted octanol–water partition coefficient (Wildman–Crippen LogP) is 2.76. The summed E-state index contributed by atoms with van der Waals surface area (Å²) < 4.78 is 2.22. The molecule has 1 aliphatic carbocycles. The highest BCUT2D eigenvalue weighted by molar-refractivity contribution is 7.99. The lowest BCUT2D eigenvalue weighted by Crippen LogP contribution is -2.16. The van der Waals surface area contributed by atoms with E-state index in [1.54, 1.807) is 11.3 Å². The Morgan fingerprint density at radius 1 is 1.62 bits per heavy atom. The average Bonchev–Trinajstić information content (AvgIpc) is 2.89. The Morgan fingerprint density at radius 2 is 2.50 bits per heavy atom. The van der Waals surface area contributed by atoms with Gasteiger partial charge >= 0.3 is 0 Å². The van der Waals surface area contributed by atoms with Crippen LogP contribution in [0.15, 0.2) is 16.6 Å². The standard InChI is InChI=1S/C11H15N3S2/c1-2-15-10-9(7-12-8-3-4-8)14-5-6-16-11(14)13-10/h5-6,8,12H,2-4,7H2,1H3. The zero-order valence-electron chi connectivity index (χ0n) is 9.27. The van der Waals surface area contributed by atoms with Gasteiger partial charge in [-0.3, -0.25) is 4.40 Å². The van der Waals surface area contributed by atoms with Gasteiger partial charge in [0.2, 0.25) is 0 Å². The van der Waals surface area contributed by atoms with Crippen molar-refractivity contribution in [3.8, 4) is 0 Å². The second-order valence-corrected chi connectivity index (χ2v) is 6.13. The van der Waals surface area contributed by atoms with Crippen LogP contribution in [0.2, 0.25) is 0 Å². The molecule has 0 saturated heterocycles. The van der Waals surface area contributed by atoms with Gasteiger partial charge in [0.25, 0.3) is 0 Å². The number of aromatic nitrogens is 2. The fraction of sp³-hybridized carbons (Fsp3) is 0.545. The van der Waals surface area contributed by atoms with Crippen LogP contribution >= 0.6 is 23.1 Å². The molecule has 3 rings (SSSR count). The smallest absolute Gasteiger partial charge is 0.194 e. The van der Waals surface area contributed by atoms with Crippen molar-refractivity contribution in [2.75, 3.05) is 5.75 Å². The van der Waals surface area contributed by atoms with Crippen molar-refractivity contribution in [3.63, 3.8) is 0 Å². The zero-order chi connectivity index (χ0) is 11.0. The van der Waals surface area contributed by atoms with Gasteiger partial charge in [0.1, 0.15) is 5.03 Å². The number of rotatable bonds is 5. The summed E-state index contributed by atoms with van der Waals surface area (Å²) in [6.45, 7) is 3.13. The molecule has 1 fully saturated rings. The minimum atomic E-state index is 0.753. The number of imidazole rings is 1. The second kappa shape index (κ2) is 4.39. The van der Waals surface area contributed by atoms with Gasteiger partial charge in [-0.05, 0) is 18.6 Å². The number of hydrogen-bond donors (Lipinski definition) is 1. The van der Waals surface area contributed by atoms with E-state index in [9.17, 15) is 0 Å². The number of nitrogens with zero attached hydrogens (tertiary/aromatic N) is 2. The molecular weight excluding hydrogens is 238 g/mol. The van der Waals surface area contributed by atoms with E-state index in [-0.39, 0.29) is 0 Å². The molecule has 16 heavy (non-hydrogen) atoms. The third-order valence-electron chi connectivity index (χ3n) is 2.74. The molecule has 0 aromatic carbocycles. The molecule has 2 aromatic heterocycles. The topological polar surface area (TPSA) is 29.3 Å². The molecule has 5 heteroatoms. The lowest BCUT2D eigenvalue weighted by atomic mass is 10.4. The maximum atomic E-state index is 4.67. The van der Waals surface area contributed by atoms with Gasteiger partial charge in [0, 0.05) is 24.2 Å². The summed E-state index contributed by atoms with van der Waals surface area (Å²) in [6.07, 6.45) is 4.79. The lowest BCUT2D eigenvalue weighted by molar-refractivity contribution is 0.661. The minimum absolute atomic E-state index is 0.753. The summed E-state index contributed by atoms with van der Waals surface area (Å²) in [7, 11) is 0. The van der Waals surface area contributed by atoms with Crippen LogP contribution in [0.25, 0.3) is 4.96 Å². The molecule has 0 amide bonds. The van der Waals surface area contributed by atoms with Crippen molar-refractivity contribution in [1.29, 1.82) is 0 Å². The maximum Gasteiger partial charge on any atom is 0.194 e. The van der Waals surface area contributed by atoms with Gasteiger partial charge in [-0.2, -0.15) is 0 Å². The first-order valence-corrected chi connectivity index (χ1v) is 7.55. The highest BCUT2D eigenvalue weighted by atomic mass is 32.2. The van der Waals surface area contributed by atoms with E-state index >= 15 is 0 Å². The summed E-state index contributed by atoms with van der Waals surface area (Å²) in [5.41, 5.74) is 1.33. The third-order valence-corrected chi connectivity index (χ3v) is 4.39. The SMILES string of the molecule is CCSc1nc2sccn2c1CNC1CC1. The van der Waals surface area contributed by atoms with Gasteiger partial charge in [0.15, 0.2) is 4.96 Å². The number of fused-ring (bicyclic) bond motifs is 1. The van der Waals surface area contributed by atoms with E-state index in [2.05, 4.69) is 33.2 Å². The van der Waals surface area contributed by atoms with Crippen LogP contribution in [0.3, 0.4) is 0 Å². The van der Waals surface area contributed by atoms with E-state index < -0.39 is 0 Å². The van der Waals surface area contributed by atoms with Gasteiger partial charge in [-0.25, -0.2) is 4.98 Å². The van der Waals surface area contributed by atoms with Crippen LogP contribution in [0.4, 0.5) is 0 Å². The summed E-state index contributed by atoms with van der Waals surface area (Å²) >= 11 is 3.55. The van der Waals surface area contributed by atoms with Crippen LogP contribution in [-0.4, -0.2) is 21.2 Å². The molecular formula is C11H15N3S2. The van der Waals surface area contributed by atoms with Crippen molar-refractivity contribution in [1.82, 2.24) is 14.7 Å². The zero-order valence-corrected chi connectivity index (χ0v) is 10.9. The molecule has 0 atom stereocenters. The van der Waals surface area contributed by atoms with E-state index in [0.29, 0.717) is 0 Å². The van der Waals surface area contributed by atoms with Gasteiger partial charge in [-0.15, -0.1) is 23.1 Å². The van der Waals surface area contributed by atoms with E-state index in [1.165, 1.54) is 23.6 Å². The molecule has 3 nitrogen and oxygen atoms in total. The Bertz CT molecular complexity index is 484. The Labute approximate surface area is 103 Å². The molecule has 1 saturated carbocycles. The highest BCUT2D eigenvalue weighted by Crippen LogP contribution is 2.27. The number of thiazole rings is 1. The van der Waals surface area contributed by atoms with Crippen LogP contribution in [0, 0.1) is 0 Å². The molecule has 2 aromatic rings. The largest absolute Gasteiger partial charge is 0.308 e. The lowest BCUT2D eigenvalue weighted by Gasteiger charge is -2.04. The summed E-state index contributed by atoms with van der Waals surface area (Å²) in [5, 5.41) is 6.87. The molecule has 0 aliphatic heterocycles. The number of thioether (sulfide) groups is 1. The fourth-order valence-electron chi connectivity index (χ4n) is 1.75. The van der Waals surface area contributed by atoms with Crippen LogP contribution in [0.5, 0.6) is 0 Å². The van der Waals surface area contributed by atoms with E-state index in [4.69, 9.17) is 0 Å². The molecule has 1 N–H and O–H groups in total. The first-order valence-electron chi connectivity index (χ1n) is 5.69. The van der Waals surface area contributed by atoms with Gasteiger partial charge in [-0.1, -0.05) is 6.92 Å². The van der Waals surface area contributed by atoms with Gasteiger partial charge < -0.3 is 5.32 Å². The second-order valence-electron chi connectivity index (χ2n) is 4.01. The average molecular weight is 253 g/mol. The van der Waals surface area contributed by atoms with E-state index in [0.717, 1.165) is 23.3 Å². The van der Waals surface area contributed by atoms with E-state index in [1.807, 2.05) is 11.8 Å². The first-order chi connectivity index (χ1) is 7.88. The number of hydrogen-bond acceptors (Lipinski definition) is 4. The van der Waals surface area contributed by atoms with Crippen molar-refractivity contribution in [2.24, 2.45) is 0 Å². The molecule has 0 radical (unpaired) electrons. The molecule has 0 spiro atoms. The molecule has 0 bridgehead atoms. The normalized spacial score (nSPS) is 16.1. The minimum Gasteiger partial charge on any atom is -0.308 e. The number of nitrogens with one attached hydrogen (secondary N) is 1. The van der Waals surface area contributed by atoms with Crippen molar-refractivity contribution >= 4 is 28.1 Å². The van der Waals surface area contributed by atoms with Crippen LogP contribution in [0.1, 0.15) is 25.5 Å².